The second-order valence-corrected chi connectivity index (χ2v) is 6.43. The van der Waals surface area contributed by atoms with E-state index in [2.05, 4.69) is 64.1 Å². The molecular formula is C19H20O. The summed E-state index contributed by atoms with van der Waals surface area (Å²) in [7, 11) is 0. The van der Waals surface area contributed by atoms with Gasteiger partial charge in [-0.1, -0.05) is 57.2 Å². The fraction of sp³-hybridized carbons (Fsp3) is 0.263. The van der Waals surface area contributed by atoms with E-state index in [0.29, 0.717) is 0 Å². The Morgan fingerprint density at radius 3 is 2.25 bits per heavy atom. The van der Waals surface area contributed by atoms with Crippen molar-refractivity contribution < 1.29 is 4.42 Å². The molecule has 1 nitrogen and oxygen atoms in total. The maximum absolute atomic E-state index is 5.82. The molecule has 3 aromatic rings. The molecule has 0 radical (unpaired) electrons. The van der Waals surface area contributed by atoms with Crippen LogP contribution < -0.4 is 0 Å². The fourth-order valence-corrected chi connectivity index (χ4v) is 2.72. The van der Waals surface area contributed by atoms with Crippen molar-refractivity contribution in [1.82, 2.24) is 0 Å². The number of fused-ring (bicyclic) bond motifs is 1. The molecule has 20 heavy (non-hydrogen) atoms. The van der Waals surface area contributed by atoms with Crippen LogP contribution in [0.25, 0.3) is 22.1 Å². The Balaban J connectivity index is 2.23. The molecule has 2 aromatic carbocycles. The van der Waals surface area contributed by atoms with Crippen LogP contribution in [0, 0.1) is 6.92 Å². The second kappa shape index (κ2) is 4.52. The molecule has 0 saturated carbocycles. The summed E-state index contributed by atoms with van der Waals surface area (Å²) < 4.78 is 5.82. The summed E-state index contributed by atoms with van der Waals surface area (Å²) in [5.41, 5.74) is 6.08. The largest absolute Gasteiger partial charge is 0.464 e. The van der Waals surface area contributed by atoms with Crippen molar-refractivity contribution in [2.45, 2.75) is 33.1 Å². The van der Waals surface area contributed by atoms with Gasteiger partial charge in [0.1, 0.15) is 5.58 Å². The first kappa shape index (κ1) is 13.0. The number of furan rings is 1. The third-order valence-electron chi connectivity index (χ3n) is 3.79. The monoisotopic (exact) mass is 264 g/mol. The predicted octanol–water partition coefficient (Wildman–Crippen LogP) is 5.71. The summed E-state index contributed by atoms with van der Waals surface area (Å²) in [6.07, 6.45) is 1.91. The van der Waals surface area contributed by atoms with Crippen LogP contribution in [0.2, 0.25) is 0 Å². The van der Waals surface area contributed by atoms with E-state index in [4.69, 9.17) is 4.42 Å². The molecule has 0 aliphatic rings. The van der Waals surface area contributed by atoms with Crippen molar-refractivity contribution in [2.24, 2.45) is 0 Å². The van der Waals surface area contributed by atoms with Crippen LogP contribution in [0.4, 0.5) is 0 Å². The highest BCUT2D eigenvalue weighted by molar-refractivity contribution is 5.89. The zero-order valence-electron chi connectivity index (χ0n) is 12.5. The van der Waals surface area contributed by atoms with Crippen molar-refractivity contribution in [3.63, 3.8) is 0 Å². The summed E-state index contributed by atoms with van der Waals surface area (Å²) in [5.74, 6) is 0. The van der Waals surface area contributed by atoms with Gasteiger partial charge in [-0.05, 0) is 35.1 Å². The van der Waals surface area contributed by atoms with Crippen molar-refractivity contribution in [3.8, 4) is 11.1 Å². The first-order valence-electron chi connectivity index (χ1n) is 7.04. The molecule has 0 N–H and O–H groups in total. The van der Waals surface area contributed by atoms with E-state index in [1.807, 2.05) is 12.3 Å². The molecule has 3 rings (SSSR count). The van der Waals surface area contributed by atoms with Crippen LogP contribution in [0.15, 0.2) is 53.1 Å². The Labute approximate surface area is 120 Å². The maximum Gasteiger partial charge on any atom is 0.135 e. The van der Waals surface area contributed by atoms with E-state index in [9.17, 15) is 0 Å². The van der Waals surface area contributed by atoms with Gasteiger partial charge in [-0.25, -0.2) is 0 Å². The van der Waals surface area contributed by atoms with Crippen molar-refractivity contribution in [2.75, 3.05) is 0 Å². The van der Waals surface area contributed by atoms with Crippen LogP contribution in [0.3, 0.4) is 0 Å². The van der Waals surface area contributed by atoms with Crippen LogP contribution >= 0.6 is 0 Å². The Bertz CT molecular complexity index is 743. The van der Waals surface area contributed by atoms with Gasteiger partial charge in [0.25, 0.3) is 0 Å². The van der Waals surface area contributed by atoms with Gasteiger partial charge in [-0.15, -0.1) is 0 Å². The third-order valence-corrected chi connectivity index (χ3v) is 3.79. The minimum absolute atomic E-state index is 0.101. The van der Waals surface area contributed by atoms with Gasteiger partial charge in [0, 0.05) is 10.9 Å². The van der Waals surface area contributed by atoms with Crippen LogP contribution in [0.1, 0.15) is 31.9 Å². The second-order valence-electron chi connectivity index (χ2n) is 6.43. The summed E-state index contributed by atoms with van der Waals surface area (Å²) in [6, 6.07) is 14.8. The molecule has 0 aliphatic heterocycles. The summed E-state index contributed by atoms with van der Waals surface area (Å²) in [6.45, 7) is 8.84. The molecule has 0 fully saturated rings. The van der Waals surface area contributed by atoms with Crippen molar-refractivity contribution in [3.05, 3.63) is 59.9 Å². The van der Waals surface area contributed by atoms with E-state index >= 15 is 0 Å². The van der Waals surface area contributed by atoms with Crippen molar-refractivity contribution >= 4 is 11.0 Å². The van der Waals surface area contributed by atoms with E-state index in [1.54, 1.807) is 0 Å². The molecule has 0 spiro atoms. The van der Waals surface area contributed by atoms with E-state index in [0.717, 1.165) is 5.58 Å². The summed E-state index contributed by atoms with van der Waals surface area (Å²) in [4.78, 5) is 0. The molecule has 0 saturated heterocycles. The topological polar surface area (TPSA) is 13.1 Å². The zero-order valence-corrected chi connectivity index (χ0v) is 12.5. The van der Waals surface area contributed by atoms with Gasteiger partial charge >= 0.3 is 0 Å². The lowest BCUT2D eigenvalue weighted by Crippen LogP contribution is -2.10. The SMILES string of the molecule is Cc1cc(-c2ccccc2)cc2occ(C(C)(C)C)c12. The summed E-state index contributed by atoms with van der Waals surface area (Å²) in [5, 5.41) is 1.26. The third kappa shape index (κ3) is 2.14. The van der Waals surface area contributed by atoms with E-state index in [-0.39, 0.29) is 5.41 Å². The zero-order chi connectivity index (χ0) is 14.3. The molecule has 0 unspecified atom stereocenters. The molecule has 102 valence electrons. The molecule has 0 bridgehead atoms. The highest BCUT2D eigenvalue weighted by Gasteiger charge is 2.21. The molecular weight excluding hydrogens is 244 g/mol. The lowest BCUT2D eigenvalue weighted by atomic mass is 9.85. The average Bonchev–Trinajstić information content (AvgIpc) is 2.84. The predicted molar refractivity (Wildman–Crippen MR) is 85.1 cm³/mol. The van der Waals surface area contributed by atoms with Gasteiger partial charge < -0.3 is 4.42 Å². The number of rotatable bonds is 1. The molecule has 1 aromatic heterocycles. The number of benzene rings is 2. The van der Waals surface area contributed by atoms with Crippen LogP contribution in [-0.2, 0) is 5.41 Å². The highest BCUT2D eigenvalue weighted by atomic mass is 16.3. The lowest BCUT2D eigenvalue weighted by molar-refractivity contribution is 0.557. The lowest BCUT2D eigenvalue weighted by Gasteiger charge is -2.17. The van der Waals surface area contributed by atoms with Crippen molar-refractivity contribution in [1.29, 1.82) is 0 Å². The first-order valence-corrected chi connectivity index (χ1v) is 7.04. The smallest absolute Gasteiger partial charge is 0.135 e. The molecule has 1 heterocycles. The fourth-order valence-electron chi connectivity index (χ4n) is 2.72. The molecule has 0 amide bonds. The number of aryl methyl sites for hydroxylation is 1. The maximum atomic E-state index is 5.82. The Kier molecular flexibility index (Phi) is 2.93. The van der Waals surface area contributed by atoms with Gasteiger partial charge in [0.15, 0.2) is 0 Å². The van der Waals surface area contributed by atoms with Crippen LogP contribution in [-0.4, -0.2) is 0 Å². The number of hydrogen-bond donors (Lipinski definition) is 0. The van der Waals surface area contributed by atoms with Gasteiger partial charge in [-0.3, -0.25) is 0 Å². The minimum atomic E-state index is 0.101. The Hall–Kier alpha value is -2.02. The minimum Gasteiger partial charge on any atom is -0.464 e. The molecule has 0 aliphatic carbocycles. The molecule has 0 atom stereocenters. The first-order chi connectivity index (χ1) is 9.47. The van der Waals surface area contributed by atoms with Gasteiger partial charge in [-0.2, -0.15) is 0 Å². The highest BCUT2D eigenvalue weighted by Crippen LogP contribution is 2.36. The summed E-state index contributed by atoms with van der Waals surface area (Å²) >= 11 is 0. The van der Waals surface area contributed by atoms with Gasteiger partial charge in [0.05, 0.1) is 6.26 Å². The Morgan fingerprint density at radius 2 is 1.60 bits per heavy atom. The normalized spacial score (nSPS) is 12.0. The average molecular weight is 264 g/mol. The number of hydrogen-bond acceptors (Lipinski definition) is 1. The molecule has 1 heteroatoms. The quantitative estimate of drug-likeness (QED) is 0.549. The van der Waals surface area contributed by atoms with Gasteiger partial charge in [0.2, 0.25) is 0 Å². The van der Waals surface area contributed by atoms with E-state index < -0.39 is 0 Å². The Morgan fingerprint density at radius 1 is 0.900 bits per heavy atom. The van der Waals surface area contributed by atoms with E-state index in [1.165, 1.54) is 27.6 Å². The van der Waals surface area contributed by atoms with Crippen LogP contribution in [0.5, 0.6) is 0 Å². The standard InChI is InChI=1S/C19H20O/c1-13-10-15(14-8-6-5-7-9-14)11-17-18(13)16(12-20-17)19(2,3)4/h5-12H,1-4H3.